The number of aromatic nitrogens is 2. The Morgan fingerprint density at radius 1 is 0.968 bits per heavy atom. The first-order valence-corrected chi connectivity index (χ1v) is 9.70. The summed E-state index contributed by atoms with van der Waals surface area (Å²) in [5.74, 6) is -0.669. The summed E-state index contributed by atoms with van der Waals surface area (Å²) >= 11 is 6.04. The van der Waals surface area contributed by atoms with Gasteiger partial charge in [0.15, 0.2) is 0 Å². The number of carbonyl (C=O) groups is 2. The standard InChI is InChI=1S/C23H16ClN3O4/c24-18-6-2-1-5-17(18)23(30)26-15-9-11-16(12-10-15)31-22(29)14-27-20-8-4-3-7-19(20)25-13-21(27)28/h1-13H,14H2,(H,26,30). The number of para-hydroxylation sites is 2. The molecule has 154 valence electrons. The highest BCUT2D eigenvalue weighted by Crippen LogP contribution is 2.20. The normalized spacial score (nSPS) is 10.6. The van der Waals surface area contributed by atoms with Crippen LogP contribution in [-0.2, 0) is 11.3 Å². The summed E-state index contributed by atoms with van der Waals surface area (Å²) in [5, 5.41) is 3.08. The molecule has 0 saturated carbocycles. The quantitative estimate of drug-likeness (QED) is 0.380. The van der Waals surface area contributed by atoms with E-state index in [2.05, 4.69) is 10.3 Å². The van der Waals surface area contributed by atoms with Gasteiger partial charge in [0.05, 0.1) is 27.8 Å². The monoisotopic (exact) mass is 433 g/mol. The van der Waals surface area contributed by atoms with Gasteiger partial charge in [0.25, 0.3) is 11.5 Å². The SMILES string of the molecule is O=C(Cn1c(=O)cnc2ccccc21)Oc1ccc(NC(=O)c2ccccc2Cl)cc1. The Hall–Kier alpha value is -3.97. The lowest BCUT2D eigenvalue weighted by Gasteiger charge is -2.10. The number of anilines is 1. The Kier molecular flexibility index (Phi) is 5.77. The highest BCUT2D eigenvalue weighted by atomic mass is 35.5. The fraction of sp³-hybridized carbons (Fsp3) is 0.0435. The zero-order valence-corrected chi connectivity index (χ0v) is 16.9. The van der Waals surface area contributed by atoms with Crippen LogP contribution in [-0.4, -0.2) is 21.4 Å². The van der Waals surface area contributed by atoms with Crippen molar-refractivity contribution in [3.8, 4) is 5.75 Å². The van der Waals surface area contributed by atoms with E-state index in [9.17, 15) is 14.4 Å². The third-order valence-corrected chi connectivity index (χ3v) is 4.83. The second-order valence-corrected chi connectivity index (χ2v) is 7.01. The van der Waals surface area contributed by atoms with E-state index >= 15 is 0 Å². The van der Waals surface area contributed by atoms with Gasteiger partial charge in [-0.3, -0.25) is 14.2 Å². The Morgan fingerprint density at radius 2 is 1.68 bits per heavy atom. The molecule has 0 saturated heterocycles. The summed E-state index contributed by atoms with van der Waals surface area (Å²) in [5.41, 5.74) is 1.63. The first-order valence-electron chi connectivity index (χ1n) is 9.32. The van der Waals surface area contributed by atoms with Gasteiger partial charge in [0, 0.05) is 5.69 Å². The lowest BCUT2D eigenvalue weighted by Crippen LogP contribution is -2.26. The van der Waals surface area contributed by atoms with Crippen molar-refractivity contribution in [1.29, 1.82) is 0 Å². The molecular formula is C23H16ClN3O4. The first-order chi connectivity index (χ1) is 15.0. The van der Waals surface area contributed by atoms with E-state index in [0.29, 0.717) is 27.3 Å². The molecule has 31 heavy (non-hydrogen) atoms. The molecule has 3 aromatic carbocycles. The van der Waals surface area contributed by atoms with Gasteiger partial charge in [-0.1, -0.05) is 35.9 Å². The summed E-state index contributed by atoms with van der Waals surface area (Å²) < 4.78 is 6.64. The van der Waals surface area contributed by atoms with Crippen molar-refractivity contribution < 1.29 is 14.3 Å². The maximum Gasteiger partial charge on any atom is 0.331 e. The molecule has 0 bridgehead atoms. The smallest absolute Gasteiger partial charge is 0.331 e. The number of nitrogens with one attached hydrogen (secondary N) is 1. The maximum absolute atomic E-state index is 12.4. The number of halogens is 1. The van der Waals surface area contributed by atoms with E-state index in [0.717, 1.165) is 0 Å². The van der Waals surface area contributed by atoms with Crippen molar-refractivity contribution in [2.45, 2.75) is 6.54 Å². The minimum atomic E-state index is -0.605. The molecule has 7 nitrogen and oxygen atoms in total. The van der Waals surface area contributed by atoms with E-state index in [4.69, 9.17) is 16.3 Å². The van der Waals surface area contributed by atoms with E-state index in [1.165, 1.54) is 10.8 Å². The van der Waals surface area contributed by atoms with Crippen molar-refractivity contribution in [3.05, 3.63) is 99.9 Å². The second kappa shape index (κ2) is 8.81. The van der Waals surface area contributed by atoms with Crippen LogP contribution in [0.1, 0.15) is 10.4 Å². The number of hydrogen-bond donors (Lipinski definition) is 1. The molecule has 4 rings (SSSR count). The van der Waals surface area contributed by atoms with Crippen LogP contribution in [0.2, 0.25) is 5.02 Å². The van der Waals surface area contributed by atoms with Gasteiger partial charge in [-0.15, -0.1) is 0 Å². The Labute approximate surface area is 181 Å². The van der Waals surface area contributed by atoms with Crippen LogP contribution in [0.5, 0.6) is 5.75 Å². The molecule has 0 spiro atoms. The maximum atomic E-state index is 12.4. The zero-order chi connectivity index (χ0) is 21.8. The summed E-state index contributed by atoms with van der Waals surface area (Å²) in [7, 11) is 0. The van der Waals surface area contributed by atoms with Crippen LogP contribution in [0.15, 0.2) is 83.8 Å². The Balaban J connectivity index is 1.43. The summed E-state index contributed by atoms with van der Waals surface area (Å²) in [6, 6.07) is 20.1. The number of rotatable bonds is 5. The molecule has 0 aliphatic rings. The number of ether oxygens (including phenoxy) is 1. The molecule has 0 unspecified atom stereocenters. The minimum absolute atomic E-state index is 0.257. The van der Waals surface area contributed by atoms with E-state index < -0.39 is 11.5 Å². The van der Waals surface area contributed by atoms with Crippen LogP contribution >= 0.6 is 11.6 Å². The number of amides is 1. The third kappa shape index (κ3) is 4.62. The number of carbonyl (C=O) groups excluding carboxylic acids is 2. The molecule has 0 fully saturated rings. The lowest BCUT2D eigenvalue weighted by atomic mass is 10.2. The summed E-state index contributed by atoms with van der Waals surface area (Å²) in [4.78, 5) is 40.9. The van der Waals surface area contributed by atoms with Crippen LogP contribution in [0.25, 0.3) is 11.0 Å². The predicted octanol–water partition coefficient (Wildman–Crippen LogP) is 3.91. The summed E-state index contributed by atoms with van der Waals surface area (Å²) in [6.07, 6.45) is 1.17. The second-order valence-electron chi connectivity index (χ2n) is 6.60. The number of nitrogens with zero attached hydrogens (tertiary/aromatic N) is 2. The van der Waals surface area contributed by atoms with Crippen LogP contribution in [0.3, 0.4) is 0 Å². The molecule has 0 aliphatic heterocycles. The molecule has 4 aromatic rings. The van der Waals surface area contributed by atoms with Crippen LogP contribution < -0.4 is 15.6 Å². The van der Waals surface area contributed by atoms with Crippen molar-refractivity contribution in [3.63, 3.8) is 0 Å². The number of hydrogen-bond acceptors (Lipinski definition) is 5. The fourth-order valence-corrected chi connectivity index (χ4v) is 3.24. The van der Waals surface area contributed by atoms with Crippen molar-refractivity contribution in [2.24, 2.45) is 0 Å². The topological polar surface area (TPSA) is 90.3 Å². The number of esters is 1. The highest BCUT2D eigenvalue weighted by molar-refractivity contribution is 6.34. The van der Waals surface area contributed by atoms with Gasteiger partial charge >= 0.3 is 5.97 Å². The molecule has 1 amide bonds. The van der Waals surface area contributed by atoms with Gasteiger partial charge in [-0.05, 0) is 48.5 Å². The van der Waals surface area contributed by atoms with Crippen LogP contribution in [0.4, 0.5) is 5.69 Å². The molecule has 0 aliphatic carbocycles. The van der Waals surface area contributed by atoms with Gasteiger partial charge in [0.1, 0.15) is 12.3 Å². The first kappa shape index (κ1) is 20.3. The Morgan fingerprint density at radius 3 is 2.45 bits per heavy atom. The Bertz CT molecular complexity index is 1330. The molecule has 8 heteroatoms. The van der Waals surface area contributed by atoms with E-state index in [1.54, 1.807) is 72.8 Å². The van der Waals surface area contributed by atoms with Gasteiger partial charge in [-0.25, -0.2) is 9.78 Å². The van der Waals surface area contributed by atoms with Crippen molar-refractivity contribution in [2.75, 3.05) is 5.32 Å². The van der Waals surface area contributed by atoms with Gasteiger partial charge in [0.2, 0.25) is 0 Å². The fourth-order valence-electron chi connectivity index (χ4n) is 3.02. The molecule has 1 heterocycles. The lowest BCUT2D eigenvalue weighted by molar-refractivity contribution is -0.135. The summed E-state index contributed by atoms with van der Waals surface area (Å²) in [6.45, 7) is -0.257. The zero-order valence-electron chi connectivity index (χ0n) is 16.1. The third-order valence-electron chi connectivity index (χ3n) is 4.50. The molecule has 1 N–H and O–H groups in total. The van der Waals surface area contributed by atoms with E-state index in [1.807, 2.05) is 0 Å². The molecule has 0 atom stereocenters. The predicted molar refractivity (Wildman–Crippen MR) is 117 cm³/mol. The molecule has 0 radical (unpaired) electrons. The van der Waals surface area contributed by atoms with Crippen LogP contribution in [0, 0.1) is 0 Å². The molecular weight excluding hydrogens is 418 g/mol. The van der Waals surface area contributed by atoms with Crippen molar-refractivity contribution in [1.82, 2.24) is 9.55 Å². The largest absolute Gasteiger partial charge is 0.425 e. The number of benzene rings is 3. The average Bonchev–Trinajstić information content (AvgIpc) is 2.77. The average molecular weight is 434 g/mol. The molecule has 1 aromatic heterocycles. The minimum Gasteiger partial charge on any atom is -0.425 e. The highest BCUT2D eigenvalue weighted by Gasteiger charge is 2.12. The van der Waals surface area contributed by atoms with Crippen molar-refractivity contribution >= 4 is 40.2 Å². The van der Waals surface area contributed by atoms with Gasteiger partial charge in [-0.2, -0.15) is 0 Å². The van der Waals surface area contributed by atoms with E-state index in [-0.39, 0.29) is 18.2 Å². The number of fused-ring (bicyclic) bond motifs is 1. The van der Waals surface area contributed by atoms with Gasteiger partial charge < -0.3 is 10.1 Å².